The average molecular weight is 2060 g/mol. The normalized spacial score (nSPS) is 42.0. The largest absolute Gasteiger partial charge is 0.512 e. The molecule has 37 unspecified atom stereocenters. The van der Waals surface area contributed by atoms with Gasteiger partial charge in [0, 0.05) is 232 Å². The van der Waals surface area contributed by atoms with Crippen LogP contribution in [0.25, 0.3) is 0 Å². The van der Waals surface area contributed by atoms with Crippen LogP contribution in [0.2, 0.25) is 0 Å². The fourth-order valence-corrected chi connectivity index (χ4v) is 28.4. The summed E-state index contributed by atoms with van der Waals surface area (Å²) in [5.41, 5.74) is 11.6. The number of ketones is 8. The number of hydrogen-bond donors (Lipinski definition) is 18. The molecule has 37 heteroatoms. The van der Waals surface area contributed by atoms with E-state index in [1.165, 1.54) is 44.1 Å². The number of hydrogen-bond acceptors (Lipinski definition) is 30. The SMILES string of the molecule is C.C.C/C=C1/C(=O)C(O)=C2C(=O)C3C4C=CC(C4)C3C(C)C2C1O.CC1C2C(=C(O)C3C4C=CC(C4)C13)C(=O)CC(C(C)N(C)C)C2O.CC1C2C(=CC3=CC(C(N)=O)=C(O)C(N(C)C)C3C2O)C(=O)C2C3C=CC(C3)C12.CC1C=CC(O)=C2C(=O)[C@]3(O)C(=O)C(C(N)=O)C(O)C(N(C)C)C3C(O)C21.CC1CCC(=O)C2=C(O)[C@]3(O)C(O)=C(C(N)=O)C(=O)C(N(C)C)C3C(O)C21.CNC.[2HH].[K].[V].[V].[V]. The molecule has 21 N–H and O–H groups in total. The van der Waals surface area contributed by atoms with Gasteiger partial charge in [-0.15, -0.1) is 0 Å². The molecule has 752 valence electrons. The first-order valence-corrected chi connectivity index (χ1v) is 46.3. The van der Waals surface area contributed by atoms with Gasteiger partial charge in [-0.1, -0.05) is 104 Å². The van der Waals surface area contributed by atoms with Crippen molar-refractivity contribution in [2.45, 2.75) is 174 Å². The van der Waals surface area contributed by atoms with Crippen LogP contribution in [0.3, 0.4) is 0 Å². The molecule has 0 aromatic rings. The molecule has 0 aliphatic heterocycles. The number of aliphatic hydroxyl groups is 14. The molecule has 0 spiro atoms. The Labute approximate surface area is 886 Å². The molecule has 0 saturated heterocycles. The van der Waals surface area contributed by atoms with E-state index in [4.69, 9.17) is 17.2 Å². The minimum atomic E-state index is -2.78. The first-order chi connectivity index (χ1) is 61.8. The molecule has 19 rings (SSSR count). The number of nitrogens with one attached hydrogen (secondary N) is 1. The first kappa shape index (κ1) is 117. The molecule has 0 aromatic heterocycles. The molecule has 0 heterocycles. The fraction of sp³-hybridized carbons (Fsp3) is 0.634. The third-order valence-corrected chi connectivity index (χ3v) is 34.3. The van der Waals surface area contributed by atoms with Crippen molar-refractivity contribution >= 4 is 115 Å². The number of fused-ring (bicyclic) bond motifs is 23. The van der Waals surface area contributed by atoms with Gasteiger partial charge in [0.2, 0.25) is 17.5 Å². The maximum atomic E-state index is 13.5. The molecule has 39 atom stereocenters. The van der Waals surface area contributed by atoms with Gasteiger partial charge in [-0.05, 0) is 211 Å². The van der Waals surface area contributed by atoms with E-state index in [2.05, 4.69) is 67.4 Å². The number of carbonyl (C=O) groups is 11. The summed E-state index contributed by atoms with van der Waals surface area (Å²) in [4.78, 5) is 145. The zero-order valence-electron chi connectivity index (χ0n) is 80.1. The van der Waals surface area contributed by atoms with Gasteiger partial charge in [0.05, 0.1) is 60.2 Å². The summed E-state index contributed by atoms with van der Waals surface area (Å²) in [5, 5.41) is 155. The number of nitrogens with two attached hydrogens (primary N) is 3. The second-order valence-corrected chi connectivity index (χ2v) is 41.6. The van der Waals surface area contributed by atoms with E-state index >= 15 is 0 Å². The number of allylic oxidation sites excluding steroid dienone is 12. The summed E-state index contributed by atoms with van der Waals surface area (Å²) >= 11 is 0. The Morgan fingerprint density at radius 1 is 0.522 bits per heavy atom. The summed E-state index contributed by atoms with van der Waals surface area (Å²) in [5.74, 6) is -14.7. The van der Waals surface area contributed by atoms with Crippen LogP contribution < -0.4 is 22.5 Å². The minimum absolute atomic E-state index is 0. The van der Waals surface area contributed by atoms with Crippen LogP contribution in [0.4, 0.5) is 0 Å². The molecule has 19 aliphatic carbocycles. The van der Waals surface area contributed by atoms with Crippen molar-refractivity contribution in [3.8, 4) is 0 Å². The summed E-state index contributed by atoms with van der Waals surface area (Å²) in [6, 6.07) is -2.76. The smallest absolute Gasteiger partial charge is 0.255 e. The Morgan fingerprint density at radius 3 is 1.51 bits per heavy atom. The Kier molecular flexibility index (Phi) is 37.2. The van der Waals surface area contributed by atoms with E-state index in [0.717, 1.165) is 19.3 Å². The number of aliphatic hydroxyl groups excluding tert-OH is 12. The van der Waals surface area contributed by atoms with Crippen molar-refractivity contribution in [3.05, 3.63) is 152 Å². The zero-order valence-corrected chi connectivity index (χ0v) is 87.4. The van der Waals surface area contributed by atoms with Gasteiger partial charge in [-0.3, -0.25) is 62.5 Å². The monoisotopic (exact) mass is 2060 g/mol. The predicted molar refractivity (Wildman–Crippen MR) is 500 cm³/mol. The summed E-state index contributed by atoms with van der Waals surface area (Å²) in [7, 11) is 17.4. The average Bonchev–Trinajstić information content (AvgIpc) is 1.69. The van der Waals surface area contributed by atoms with Gasteiger partial charge in [-0.2, -0.15) is 0 Å². The van der Waals surface area contributed by atoms with E-state index in [9.17, 15) is 124 Å². The predicted octanol–water partition coefficient (Wildman–Crippen LogP) is 3.51. The van der Waals surface area contributed by atoms with E-state index in [0.29, 0.717) is 70.8 Å². The third-order valence-electron chi connectivity index (χ3n) is 34.3. The molecule has 138 heavy (non-hydrogen) atoms. The van der Waals surface area contributed by atoms with Crippen molar-refractivity contribution in [3.63, 3.8) is 0 Å². The van der Waals surface area contributed by atoms with Crippen molar-refractivity contribution in [2.24, 2.45) is 177 Å². The molecule has 19 aliphatic rings. The Morgan fingerprint density at radius 2 is 1.01 bits per heavy atom. The molecule has 3 amide bonds. The van der Waals surface area contributed by atoms with Gasteiger partial charge in [0.15, 0.2) is 51.7 Å². The third kappa shape index (κ3) is 18.2. The first-order valence-electron chi connectivity index (χ1n) is 46.3. The van der Waals surface area contributed by atoms with Gasteiger partial charge >= 0.3 is 0 Å². The number of carbonyl (C=O) groups excluding carboxylic acids is 11. The topological polar surface area (TPSA) is 574 Å². The zero-order chi connectivity index (χ0) is 97.4. The van der Waals surface area contributed by atoms with Crippen LogP contribution in [-0.2, 0) is 108 Å². The molecule has 0 aromatic carbocycles. The fourth-order valence-electron chi connectivity index (χ4n) is 28.4. The molecular formula is C101H142KN8O25V3. The van der Waals surface area contributed by atoms with Crippen LogP contribution in [-0.4, -0.2) is 349 Å². The molecule has 6 bridgehead atoms. The van der Waals surface area contributed by atoms with Crippen molar-refractivity contribution in [1.29, 1.82) is 0 Å². The van der Waals surface area contributed by atoms with Crippen LogP contribution in [0.5, 0.6) is 0 Å². The molecular weight excluding hydrogens is 1920 g/mol. The Hall–Kier alpha value is -5.94. The van der Waals surface area contributed by atoms with E-state index < -0.39 is 183 Å². The number of amides is 3. The second-order valence-electron chi connectivity index (χ2n) is 41.6. The van der Waals surface area contributed by atoms with Gasteiger partial charge in [0.25, 0.3) is 11.8 Å². The van der Waals surface area contributed by atoms with Crippen LogP contribution in [0.1, 0.15) is 103 Å². The van der Waals surface area contributed by atoms with Crippen molar-refractivity contribution in [1.82, 2.24) is 24.9 Å². The minimum Gasteiger partial charge on any atom is -0.512 e. The van der Waals surface area contributed by atoms with Crippen LogP contribution in [0.15, 0.2) is 152 Å². The number of likely N-dealkylation sites (N-methyl/N-ethyl adjacent to an activating group) is 3. The van der Waals surface area contributed by atoms with Gasteiger partial charge in [0.1, 0.15) is 40.3 Å². The number of rotatable bonds is 8. The standard InChI is InChI=1S/C23H28N2O4.C20H29NO3.2C18H24N2O7.C18H20O4.C2H7N.2CH4.K.3V.H2/c1-9-15-10-4-5-11(6-10)17(15)20(26)13-7-12-8-14(23(24)29)21(27)19(25(2)3)18(12)22(28)16(9)13;1-9-15-11-5-6-12(7-11)17(15)20(24)18-14(22)8-13(10(2)21(3)4)19(23)16(9)18;2*1-6-4-5-7(21)9-8(6)13(22)11-12(20(2)3)14(23)10(17(19)26)16(25)18(11,27)15(9)24;1-3-10-15(19)12-7(2)11-8-4-5-9(6-8)13(11)17(21)14(12)18(22)16(10)20;1-3-2;;;;;;;/h4-5,7-11,15-19,22,27-28H,6H2,1-3H3,(H2,24,29);5-6,9-13,15-17,19,23-24H,7-8H2,1-4H3;6,8,11-13,22,24-25,27H,4-5H2,1-3H3,(H2,19,26);4-6,8,10-14,21-23,27H,1-3H3,(H2,19,26);3-5,7-9,11-13,15,19,22H,6H2,1-2H3;3H,1-2H3;2*1H4;;;;;1H/b;;;;10-3+;;;;;;;;/t;;6?,8?,11?,12?,13?,18-;6?,8?,10?,11?,12?,13?,14?,18-;;;;;;;;;/m..00........./s1/i;;;;;;;;;;;;1+1. The van der Waals surface area contributed by atoms with Crippen LogP contribution >= 0.6 is 0 Å². The quantitative estimate of drug-likeness (QED) is 0.0543. The molecule has 9 saturated carbocycles. The summed E-state index contributed by atoms with van der Waals surface area (Å²) in [6.07, 6.45) is 18.3. The van der Waals surface area contributed by atoms with E-state index in [1.54, 1.807) is 58.0 Å². The van der Waals surface area contributed by atoms with Gasteiger partial charge in [-0.25, -0.2) is 0 Å². The number of primary amides is 3. The second kappa shape index (κ2) is 43.8. The maximum absolute atomic E-state index is 13.5. The molecule has 33 nitrogen and oxygen atoms in total. The van der Waals surface area contributed by atoms with Gasteiger partial charge < -0.3 is 104 Å². The molecule has 4 radical (unpaired) electrons. The summed E-state index contributed by atoms with van der Waals surface area (Å²) in [6.45, 7) is 13.7. The van der Waals surface area contributed by atoms with Crippen LogP contribution in [0, 0.1) is 160 Å². The maximum Gasteiger partial charge on any atom is 0.255 e. The van der Waals surface area contributed by atoms with E-state index in [-0.39, 0.29) is 270 Å². The Bertz CT molecular complexity index is 5330. The number of nitrogens with zero attached hydrogens (tertiary/aromatic N) is 4. The van der Waals surface area contributed by atoms with E-state index in [1.807, 2.05) is 41.2 Å². The molecule has 9 fully saturated rings. The summed E-state index contributed by atoms with van der Waals surface area (Å²) < 4.78 is 0. The van der Waals surface area contributed by atoms with Crippen molar-refractivity contribution < 1.29 is 181 Å². The van der Waals surface area contributed by atoms with Crippen molar-refractivity contribution in [2.75, 3.05) is 70.5 Å². The Balaban J connectivity index is 0.000000232. The number of Topliss-reactive ketones (excluding diaryl/α,β-unsaturated/α-hetero) is 8.